The van der Waals surface area contributed by atoms with Crippen LogP contribution in [0.15, 0.2) is 18.2 Å². The first-order chi connectivity index (χ1) is 8.30. The molecule has 0 unspecified atom stereocenters. The molecule has 1 aromatic carbocycles. The number of anilines is 1. The van der Waals surface area contributed by atoms with Crippen molar-refractivity contribution in [3.05, 3.63) is 33.0 Å². The highest BCUT2D eigenvalue weighted by atomic mass is 127. The van der Waals surface area contributed by atoms with Gasteiger partial charge in [-0.1, -0.05) is 32.1 Å². The molecular weight excluding hydrogens is 339 g/mol. The van der Waals surface area contributed by atoms with Crippen LogP contribution in [0.1, 0.15) is 32.0 Å². The Bertz CT molecular complexity index is 581. The van der Waals surface area contributed by atoms with Gasteiger partial charge in [0.05, 0.1) is 11.4 Å². The van der Waals surface area contributed by atoms with E-state index in [0.29, 0.717) is 5.82 Å². The number of aromatic nitrogens is 3. The number of benzene rings is 1. The normalized spacial score (nSPS) is 11.8. The number of nitrogens with two attached hydrogens (primary N) is 1. The van der Waals surface area contributed by atoms with E-state index in [1.807, 2.05) is 4.68 Å². The first kappa shape index (κ1) is 13.3. The second-order valence-electron chi connectivity index (χ2n) is 5.42. The van der Waals surface area contributed by atoms with Crippen molar-refractivity contribution in [2.75, 3.05) is 5.73 Å². The fraction of sp³-hybridized carbons (Fsp3) is 0.385. The Morgan fingerprint density at radius 1 is 1.28 bits per heavy atom. The summed E-state index contributed by atoms with van der Waals surface area (Å²) in [7, 11) is 0. The molecule has 0 spiro atoms. The molecular formula is C13H17IN4. The summed E-state index contributed by atoms with van der Waals surface area (Å²) in [4.78, 5) is 0. The van der Waals surface area contributed by atoms with Crippen LogP contribution >= 0.6 is 22.6 Å². The van der Waals surface area contributed by atoms with Crippen LogP contribution in [0.4, 0.5) is 5.82 Å². The highest BCUT2D eigenvalue weighted by molar-refractivity contribution is 14.1. The second-order valence-corrected chi connectivity index (χ2v) is 6.66. The fourth-order valence-electron chi connectivity index (χ4n) is 1.97. The Kier molecular flexibility index (Phi) is 3.35. The maximum Gasteiger partial charge on any atom is 0.170 e. The van der Waals surface area contributed by atoms with E-state index in [0.717, 1.165) is 16.9 Å². The molecule has 2 aromatic rings. The molecule has 5 heteroatoms. The Hall–Kier alpha value is -1.11. The van der Waals surface area contributed by atoms with Gasteiger partial charge >= 0.3 is 0 Å². The molecule has 1 aromatic heterocycles. The van der Waals surface area contributed by atoms with Gasteiger partial charge in [0.15, 0.2) is 5.82 Å². The summed E-state index contributed by atoms with van der Waals surface area (Å²) in [5.74, 6) is 0.501. The van der Waals surface area contributed by atoms with Crippen molar-refractivity contribution in [1.29, 1.82) is 0 Å². The zero-order chi connectivity index (χ0) is 13.5. The van der Waals surface area contributed by atoms with Crippen LogP contribution in [-0.2, 0) is 5.41 Å². The smallest absolute Gasteiger partial charge is 0.170 e. The van der Waals surface area contributed by atoms with Gasteiger partial charge in [-0.2, -0.15) is 0 Å². The topological polar surface area (TPSA) is 56.7 Å². The number of halogens is 1. The van der Waals surface area contributed by atoms with Crippen LogP contribution in [0.3, 0.4) is 0 Å². The minimum atomic E-state index is -0.0959. The number of hydrogen-bond donors (Lipinski definition) is 1. The summed E-state index contributed by atoms with van der Waals surface area (Å²) in [6, 6.07) is 6.26. The summed E-state index contributed by atoms with van der Waals surface area (Å²) in [6.45, 7) is 8.40. The van der Waals surface area contributed by atoms with Crippen molar-refractivity contribution in [2.45, 2.75) is 33.1 Å². The van der Waals surface area contributed by atoms with E-state index in [1.165, 1.54) is 3.57 Å². The average molecular weight is 356 g/mol. The van der Waals surface area contributed by atoms with Gasteiger partial charge in [0, 0.05) is 8.99 Å². The average Bonchev–Trinajstić information content (AvgIpc) is 2.63. The molecule has 96 valence electrons. The summed E-state index contributed by atoms with van der Waals surface area (Å²) < 4.78 is 3.02. The summed E-state index contributed by atoms with van der Waals surface area (Å²) in [5.41, 5.74) is 9.01. The third-order valence-corrected chi connectivity index (χ3v) is 3.48. The Labute approximate surface area is 121 Å². The molecule has 0 aliphatic carbocycles. The van der Waals surface area contributed by atoms with Crippen LogP contribution in [0.5, 0.6) is 0 Å². The predicted octanol–water partition coefficient (Wildman–Crippen LogP) is 3.06. The highest BCUT2D eigenvalue weighted by Gasteiger charge is 2.25. The van der Waals surface area contributed by atoms with Gasteiger partial charge < -0.3 is 5.73 Å². The van der Waals surface area contributed by atoms with Gasteiger partial charge in [-0.25, -0.2) is 4.68 Å². The maximum absolute atomic E-state index is 5.96. The quantitative estimate of drug-likeness (QED) is 0.799. The molecule has 2 N–H and O–H groups in total. The third-order valence-electron chi connectivity index (χ3n) is 2.81. The molecule has 4 nitrogen and oxygen atoms in total. The van der Waals surface area contributed by atoms with Crippen LogP contribution in [-0.4, -0.2) is 15.0 Å². The molecule has 0 atom stereocenters. The molecule has 0 radical (unpaired) electrons. The van der Waals surface area contributed by atoms with Crippen molar-refractivity contribution in [3.8, 4) is 5.69 Å². The van der Waals surface area contributed by atoms with E-state index in [4.69, 9.17) is 5.73 Å². The van der Waals surface area contributed by atoms with Crippen molar-refractivity contribution >= 4 is 28.4 Å². The van der Waals surface area contributed by atoms with Crippen LogP contribution in [0.2, 0.25) is 0 Å². The molecule has 0 bridgehead atoms. The van der Waals surface area contributed by atoms with Gasteiger partial charge in [0.2, 0.25) is 0 Å². The van der Waals surface area contributed by atoms with E-state index in [1.54, 1.807) is 0 Å². The molecule has 0 aliphatic rings. The van der Waals surface area contributed by atoms with Gasteiger partial charge in [-0.15, -0.1) is 5.10 Å². The molecule has 0 saturated carbocycles. The Morgan fingerprint density at radius 3 is 2.56 bits per heavy atom. The lowest BCUT2D eigenvalue weighted by Crippen LogP contribution is -2.19. The zero-order valence-electron chi connectivity index (χ0n) is 11.0. The van der Waals surface area contributed by atoms with E-state index < -0.39 is 0 Å². The van der Waals surface area contributed by atoms with Crippen LogP contribution < -0.4 is 5.73 Å². The lowest BCUT2D eigenvalue weighted by Gasteiger charge is -2.21. The lowest BCUT2D eigenvalue weighted by atomic mass is 9.91. The van der Waals surface area contributed by atoms with Crippen molar-refractivity contribution in [2.24, 2.45) is 0 Å². The lowest BCUT2D eigenvalue weighted by molar-refractivity contribution is 0.543. The van der Waals surface area contributed by atoms with E-state index >= 15 is 0 Å². The minimum absolute atomic E-state index is 0.0959. The molecule has 2 rings (SSSR count). The van der Waals surface area contributed by atoms with Gasteiger partial charge in [-0.05, 0) is 47.2 Å². The van der Waals surface area contributed by atoms with E-state index in [2.05, 4.69) is 78.8 Å². The first-order valence-corrected chi connectivity index (χ1v) is 6.87. The number of rotatable bonds is 1. The van der Waals surface area contributed by atoms with Crippen LogP contribution in [0.25, 0.3) is 5.69 Å². The van der Waals surface area contributed by atoms with Gasteiger partial charge in [-0.3, -0.25) is 0 Å². The van der Waals surface area contributed by atoms with Crippen molar-refractivity contribution < 1.29 is 0 Å². The molecule has 0 fully saturated rings. The highest BCUT2D eigenvalue weighted by Crippen LogP contribution is 2.29. The molecule has 0 amide bonds. The number of hydrogen-bond acceptors (Lipinski definition) is 3. The van der Waals surface area contributed by atoms with Crippen molar-refractivity contribution in [1.82, 2.24) is 15.0 Å². The number of nitrogens with zero attached hydrogens (tertiary/aromatic N) is 3. The van der Waals surface area contributed by atoms with Gasteiger partial charge in [0.1, 0.15) is 0 Å². The van der Waals surface area contributed by atoms with E-state index in [9.17, 15) is 0 Å². The fourth-order valence-corrected chi connectivity index (χ4v) is 2.45. The monoisotopic (exact) mass is 356 g/mol. The SMILES string of the molecule is Cc1ccc(I)cc1-n1nnc(N)c1C(C)(C)C. The van der Waals surface area contributed by atoms with Crippen molar-refractivity contribution in [3.63, 3.8) is 0 Å². The molecule has 18 heavy (non-hydrogen) atoms. The Balaban J connectivity index is 2.69. The summed E-state index contributed by atoms with van der Waals surface area (Å²) in [6.07, 6.45) is 0. The molecule has 1 heterocycles. The number of aryl methyl sites for hydroxylation is 1. The minimum Gasteiger partial charge on any atom is -0.381 e. The first-order valence-electron chi connectivity index (χ1n) is 5.79. The Morgan fingerprint density at radius 2 is 1.94 bits per heavy atom. The summed E-state index contributed by atoms with van der Waals surface area (Å²) >= 11 is 2.30. The maximum atomic E-state index is 5.96. The predicted molar refractivity (Wildman–Crippen MR) is 81.9 cm³/mol. The molecule has 0 saturated heterocycles. The van der Waals surface area contributed by atoms with E-state index in [-0.39, 0.29) is 5.41 Å². The standard InChI is InChI=1S/C13H17IN4/c1-8-5-6-9(14)7-10(8)18-11(13(2,3)4)12(15)16-17-18/h5-7H,15H2,1-4H3. The number of nitrogen functional groups attached to an aromatic ring is 1. The largest absolute Gasteiger partial charge is 0.381 e. The molecule has 0 aliphatic heterocycles. The summed E-state index contributed by atoms with van der Waals surface area (Å²) in [5, 5.41) is 8.21. The third kappa shape index (κ3) is 2.36. The van der Waals surface area contributed by atoms with Gasteiger partial charge in [0.25, 0.3) is 0 Å². The second kappa shape index (κ2) is 4.53. The zero-order valence-corrected chi connectivity index (χ0v) is 13.2. The van der Waals surface area contributed by atoms with Crippen LogP contribution in [0, 0.1) is 10.5 Å².